The lowest BCUT2D eigenvalue weighted by Crippen LogP contribution is -2.21. The van der Waals surface area contributed by atoms with Crippen LogP contribution in [-0.4, -0.2) is 21.4 Å². The summed E-state index contributed by atoms with van der Waals surface area (Å²) in [6.07, 6.45) is 1.59. The number of rotatable bonds is 4. The predicted octanol–water partition coefficient (Wildman–Crippen LogP) is 2.53. The molecule has 0 aliphatic carbocycles. The highest BCUT2D eigenvalue weighted by atomic mass is 16.6. The molecule has 1 N–H and O–H groups in total. The molecule has 0 amide bonds. The molecule has 0 saturated heterocycles. The normalized spacial score (nSPS) is 16.3. The van der Waals surface area contributed by atoms with Crippen molar-refractivity contribution in [1.29, 1.82) is 0 Å². The van der Waals surface area contributed by atoms with Crippen LogP contribution in [0.1, 0.15) is 17.7 Å². The van der Waals surface area contributed by atoms with Crippen LogP contribution in [0.15, 0.2) is 47.0 Å². The second-order valence-corrected chi connectivity index (χ2v) is 5.27. The molecule has 23 heavy (non-hydrogen) atoms. The predicted molar refractivity (Wildman–Crippen MR) is 82.3 cm³/mol. The average molecular weight is 312 g/mol. The maximum Gasteiger partial charge on any atom is 0.315 e. The molecule has 1 aliphatic heterocycles. The largest absolute Gasteiger partial charge is 0.485 e. The third-order valence-corrected chi connectivity index (χ3v) is 3.70. The number of hydrogen-bond acceptors (Lipinski definition) is 6. The van der Waals surface area contributed by atoms with Crippen molar-refractivity contribution in [2.24, 2.45) is 7.05 Å². The standard InChI is InChI=1S/C16H16N4O3/c1-20-8-4-5-11(20)9-17-16-19-18-15(23-16)14-10-21-12-6-2-3-7-13(12)22-14/h2-8,14H,9-10H2,1H3,(H,17,19). The zero-order valence-electron chi connectivity index (χ0n) is 12.6. The Morgan fingerprint density at radius 3 is 2.87 bits per heavy atom. The Morgan fingerprint density at radius 2 is 2.04 bits per heavy atom. The number of aryl methyl sites for hydroxylation is 1. The molecule has 3 aromatic rings. The van der Waals surface area contributed by atoms with Crippen molar-refractivity contribution in [2.75, 3.05) is 11.9 Å². The molecule has 1 atom stereocenters. The Kier molecular flexibility index (Phi) is 3.38. The van der Waals surface area contributed by atoms with Crippen molar-refractivity contribution >= 4 is 6.01 Å². The van der Waals surface area contributed by atoms with E-state index < -0.39 is 6.10 Å². The van der Waals surface area contributed by atoms with Gasteiger partial charge in [0.05, 0.1) is 6.54 Å². The van der Waals surface area contributed by atoms with Gasteiger partial charge in [-0.15, -0.1) is 5.10 Å². The van der Waals surface area contributed by atoms with Crippen molar-refractivity contribution in [3.05, 3.63) is 54.2 Å². The molecule has 3 heterocycles. The fraction of sp³-hybridized carbons (Fsp3) is 0.250. The van der Waals surface area contributed by atoms with E-state index in [0.717, 1.165) is 11.4 Å². The number of fused-ring (bicyclic) bond motifs is 1. The van der Waals surface area contributed by atoms with Gasteiger partial charge in [-0.25, -0.2) is 0 Å². The maximum atomic E-state index is 5.85. The van der Waals surface area contributed by atoms with Gasteiger partial charge in [0.1, 0.15) is 6.61 Å². The molecule has 0 radical (unpaired) electrons. The van der Waals surface area contributed by atoms with Crippen LogP contribution in [0.2, 0.25) is 0 Å². The highest BCUT2D eigenvalue weighted by Gasteiger charge is 2.27. The van der Waals surface area contributed by atoms with Gasteiger partial charge < -0.3 is 23.8 Å². The lowest BCUT2D eigenvalue weighted by atomic mass is 10.2. The molecule has 0 spiro atoms. The van der Waals surface area contributed by atoms with Crippen LogP contribution in [0.3, 0.4) is 0 Å². The number of aromatic nitrogens is 3. The Labute approximate surface area is 132 Å². The molecule has 0 saturated carbocycles. The number of hydrogen-bond donors (Lipinski definition) is 1. The SMILES string of the molecule is Cn1cccc1CNc1nnc(C2COc3ccccc3O2)o1. The van der Waals surface area contributed by atoms with E-state index in [1.54, 1.807) is 0 Å². The quantitative estimate of drug-likeness (QED) is 0.798. The highest BCUT2D eigenvalue weighted by molar-refractivity contribution is 5.41. The lowest BCUT2D eigenvalue weighted by molar-refractivity contribution is 0.0717. The minimum absolute atomic E-state index is 0.344. The Bertz CT molecular complexity index is 811. The van der Waals surface area contributed by atoms with Crippen molar-refractivity contribution in [2.45, 2.75) is 12.6 Å². The molecule has 0 bridgehead atoms. The van der Waals surface area contributed by atoms with Crippen LogP contribution < -0.4 is 14.8 Å². The van der Waals surface area contributed by atoms with Crippen LogP contribution in [0.5, 0.6) is 11.5 Å². The Hall–Kier alpha value is -2.96. The molecule has 7 nitrogen and oxygen atoms in total. The minimum Gasteiger partial charge on any atom is -0.485 e. The van der Waals surface area contributed by atoms with E-state index >= 15 is 0 Å². The van der Waals surface area contributed by atoms with E-state index in [1.807, 2.05) is 54.2 Å². The van der Waals surface area contributed by atoms with Crippen LogP contribution in [-0.2, 0) is 13.6 Å². The third kappa shape index (κ3) is 2.73. The summed E-state index contributed by atoms with van der Waals surface area (Å²) >= 11 is 0. The van der Waals surface area contributed by atoms with Crippen molar-refractivity contribution < 1.29 is 13.9 Å². The van der Waals surface area contributed by atoms with Gasteiger partial charge in [-0.2, -0.15) is 0 Å². The number of nitrogens with zero attached hydrogens (tertiary/aromatic N) is 3. The highest BCUT2D eigenvalue weighted by Crippen LogP contribution is 2.35. The molecule has 1 aliphatic rings. The first-order valence-electron chi connectivity index (χ1n) is 7.35. The van der Waals surface area contributed by atoms with E-state index in [-0.39, 0.29) is 0 Å². The number of anilines is 1. The van der Waals surface area contributed by atoms with E-state index in [1.165, 1.54) is 0 Å². The van der Waals surface area contributed by atoms with Gasteiger partial charge in [-0.05, 0) is 24.3 Å². The fourth-order valence-electron chi connectivity index (χ4n) is 2.42. The summed E-state index contributed by atoms with van der Waals surface area (Å²) < 4.78 is 19.2. The minimum atomic E-state index is -0.400. The van der Waals surface area contributed by atoms with Crippen LogP contribution in [0, 0.1) is 0 Å². The van der Waals surface area contributed by atoms with Gasteiger partial charge in [0.15, 0.2) is 11.5 Å². The van der Waals surface area contributed by atoms with Crippen LogP contribution >= 0.6 is 0 Å². The molecule has 2 aromatic heterocycles. The zero-order valence-corrected chi connectivity index (χ0v) is 12.6. The lowest BCUT2D eigenvalue weighted by Gasteiger charge is -2.23. The molecule has 7 heteroatoms. The molecule has 118 valence electrons. The van der Waals surface area contributed by atoms with E-state index in [9.17, 15) is 0 Å². The molecule has 1 unspecified atom stereocenters. The van der Waals surface area contributed by atoms with Crippen molar-refractivity contribution in [3.8, 4) is 11.5 Å². The third-order valence-electron chi connectivity index (χ3n) is 3.70. The van der Waals surface area contributed by atoms with Crippen molar-refractivity contribution in [3.63, 3.8) is 0 Å². The summed E-state index contributed by atoms with van der Waals surface area (Å²) in [5.41, 5.74) is 1.12. The number of benzene rings is 1. The molecule has 4 rings (SSSR count). The summed E-state index contributed by atoms with van der Waals surface area (Å²) in [5, 5.41) is 11.2. The second-order valence-electron chi connectivity index (χ2n) is 5.27. The van der Waals surface area contributed by atoms with Crippen molar-refractivity contribution in [1.82, 2.24) is 14.8 Å². The zero-order chi connectivity index (χ0) is 15.6. The van der Waals surface area contributed by atoms with Gasteiger partial charge in [0.2, 0.25) is 6.10 Å². The summed E-state index contributed by atoms with van der Waals surface area (Å²) in [6, 6.07) is 11.9. The first-order chi connectivity index (χ1) is 11.3. The van der Waals surface area contributed by atoms with E-state index in [0.29, 0.717) is 30.8 Å². The van der Waals surface area contributed by atoms with Gasteiger partial charge in [0.25, 0.3) is 5.89 Å². The fourth-order valence-corrected chi connectivity index (χ4v) is 2.42. The number of ether oxygens (including phenoxy) is 2. The van der Waals surface area contributed by atoms with Gasteiger partial charge in [-0.3, -0.25) is 0 Å². The monoisotopic (exact) mass is 312 g/mol. The topological polar surface area (TPSA) is 74.3 Å². The second kappa shape index (κ2) is 5.68. The first-order valence-corrected chi connectivity index (χ1v) is 7.35. The van der Waals surface area contributed by atoms with E-state index in [2.05, 4.69) is 15.5 Å². The maximum absolute atomic E-state index is 5.85. The number of nitrogens with one attached hydrogen (secondary N) is 1. The van der Waals surface area contributed by atoms with E-state index in [4.69, 9.17) is 13.9 Å². The first kappa shape index (κ1) is 13.7. The number of para-hydroxylation sites is 2. The summed E-state index contributed by atoms with van der Waals surface area (Å²) in [5.74, 6) is 1.81. The van der Waals surface area contributed by atoms with Gasteiger partial charge in [-0.1, -0.05) is 17.2 Å². The van der Waals surface area contributed by atoms with Gasteiger partial charge >= 0.3 is 6.01 Å². The molecular weight excluding hydrogens is 296 g/mol. The Morgan fingerprint density at radius 1 is 1.17 bits per heavy atom. The smallest absolute Gasteiger partial charge is 0.315 e. The Balaban J connectivity index is 1.43. The summed E-state index contributed by atoms with van der Waals surface area (Å²) in [7, 11) is 1.99. The van der Waals surface area contributed by atoms with Crippen LogP contribution in [0.4, 0.5) is 6.01 Å². The molecular formula is C16H16N4O3. The molecule has 1 aromatic carbocycles. The van der Waals surface area contributed by atoms with Gasteiger partial charge in [0, 0.05) is 18.9 Å². The average Bonchev–Trinajstić information content (AvgIpc) is 3.21. The summed E-state index contributed by atoms with van der Waals surface area (Å²) in [6.45, 7) is 0.951. The summed E-state index contributed by atoms with van der Waals surface area (Å²) in [4.78, 5) is 0. The van der Waals surface area contributed by atoms with Crippen LogP contribution in [0.25, 0.3) is 0 Å². The molecule has 0 fully saturated rings.